The highest BCUT2D eigenvalue weighted by Gasteiger charge is 2.45. The summed E-state index contributed by atoms with van der Waals surface area (Å²) in [5, 5.41) is 34.0. The third-order valence-electron chi connectivity index (χ3n) is 8.42. The summed E-state index contributed by atoms with van der Waals surface area (Å²) in [5.41, 5.74) is 4.10. The number of tetrazole rings is 1. The van der Waals surface area contributed by atoms with E-state index in [4.69, 9.17) is 0 Å². The van der Waals surface area contributed by atoms with Gasteiger partial charge in [0, 0.05) is 30.8 Å². The van der Waals surface area contributed by atoms with Crippen molar-refractivity contribution in [3.05, 3.63) is 75.6 Å². The summed E-state index contributed by atoms with van der Waals surface area (Å²) in [5.74, 6) is 0.127. The van der Waals surface area contributed by atoms with E-state index in [9.17, 15) is 19.6 Å². The first kappa shape index (κ1) is 31.5. The van der Waals surface area contributed by atoms with E-state index < -0.39 is 5.41 Å². The molecular weight excluding hydrogens is 673 g/mol. The Balaban J connectivity index is 1.58. The average molecular weight is 710 g/mol. The molecule has 1 aliphatic carbocycles. The van der Waals surface area contributed by atoms with Gasteiger partial charge in [-0.3, -0.25) is 19.7 Å². The summed E-state index contributed by atoms with van der Waals surface area (Å²) >= 11 is 2.30. The number of carbonyl (C=O) groups is 3. The number of likely N-dealkylation sites (tertiary alicyclic amines) is 1. The number of halogens is 1. The van der Waals surface area contributed by atoms with Crippen LogP contribution in [0.3, 0.4) is 0 Å². The number of hydrogen-bond donors (Lipinski definition) is 4. The van der Waals surface area contributed by atoms with Crippen LogP contribution in [-0.2, 0) is 23.1 Å². The lowest BCUT2D eigenvalue weighted by Crippen LogP contribution is -2.44. The summed E-state index contributed by atoms with van der Waals surface area (Å²) in [6.45, 7) is 5.48. The summed E-state index contributed by atoms with van der Waals surface area (Å²) in [6, 6.07) is 13.3. The molecule has 5 rings (SSSR count). The van der Waals surface area contributed by atoms with Crippen molar-refractivity contribution in [3.8, 4) is 6.07 Å². The summed E-state index contributed by atoms with van der Waals surface area (Å²) < 4.78 is -0.227. The highest BCUT2D eigenvalue weighted by atomic mass is 127. The standard InChI is InChI=1S/C31H36IN9O3/c1-3-34-28(43)21-9-11-24-19(14-21)7-8-20-15-22(29(44)35-4-2)10-12-25(20)31(24,30-37-39-40-38-30)16-26(32)36-18-27(42)41-13-5-6-23(41)17-33/h9-12,14-15,23,26,36H,3-8,13,16,18H2,1-2H3,(H,34,43)(H,35,44)(H,37,38,39,40)/t23?,26-/m0/s1. The second-order valence-electron chi connectivity index (χ2n) is 11.0. The fourth-order valence-electron chi connectivity index (χ4n) is 6.41. The molecule has 12 nitrogen and oxygen atoms in total. The van der Waals surface area contributed by atoms with Crippen LogP contribution in [0.5, 0.6) is 0 Å². The molecule has 230 valence electrons. The Labute approximate surface area is 269 Å². The lowest BCUT2D eigenvalue weighted by molar-refractivity contribution is -0.130. The van der Waals surface area contributed by atoms with E-state index in [0.717, 1.165) is 28.7 Å². The fourth-order valence-corrected chi connectivity index (χ4v) is 7.29. The van der Waals surface area contributed by atoms with E-state index >= 15 is 0 Å². The Hall–Kier alpha value is -3.90. The predicted molar refractivity (Wildman–Crippen MR) is 171 cm³/mol. The number of carbonyl (C=O) groups excluding carboxylic acids is 3. The van der Waals surface area contributed by atoms with Crippen LogP contribution < -0.4 is 16.0 Å². The number of aromatic amines is 1. The number of hydrogen-bond acceptors (Lipinski definition) is 8. The molecule has 1 aromatic heterocycles. The molecule has 1 fully saturated rings. The zero-order chi connectivity index (χ0) is 31.3. The summed E-state index contributed by atoms with van der Waals surface area (Å²) in [7, 11) is 0. The fraction of sp³-hybridized carbons (Fsp3) is 0.452. The molecule has 3 aromatic rings. The zero-order valence-corrected chi connectivity index (χ0v) is 27.0. The number of rotatable bonds is 10. The van der Waals surface area contributed by atoms with Gasteiger partial charge in [-0.05, 0) is 103 Å². The quantitative estimate of drug-likeness (QED) is 0.141. The van der Waals surface area contributed by atoms with Crippen molar-refractivity contribution in [1.82, 2.24) is 41.5 Å². The molecule has 0 saturated carbocycles. The van der Waals surface area contributed by atoms with Gasteiger partial charge in [-0.25, -0.2) is 5.10 Å². The molecule has 2 atom stereocenters. The molecule has 2 aliphatic rings. The lowest BCUT2D eigenvalue weighted by Gasteiger charge is -2.36. The number of alkyl halides is 1. The third-order valence-corrected chi connectivity index (χ3v) is 9.31. The molecule has 0 radical (unpaired) electrons. The van der Waals surface area contributed by atoms with Gasteiger partial charge < -0.3 is 15.5 Å². The van der Waals surface area contributed by atoms with Gasteiger partial charge in [-0.15, -0.1) is 5.10 Å². The van der Waals surface area contributed by atoms with Crippen LogP contribution in [0.2, 0.25) is 0 Å². The van der Waals surface area contributed by atoms with Gasteiger partial charge in [0.25, 0.3) is 11.8 Å². The SMILES string of the molecule is CCNC(=O)c1ccc2c(c1)CCc1cc(C(=O)NCC)ccc1C2(C[C@@H](I)NCC(=O)N1CCCC1C#N)c1nnn[nH]1. The van der Waals surface area contributed by atoms with Crippen molar-refractivity contribution in [1.29, 1.82) is 5.26 Å². The van der Waals surface area contributed by atoms with E-state index in [0.29, 0.717) is 62.3 Å². The number of fused-ring (bicyclic) bond motifs is 2. The Morgan fingerprint density at radius 1 is 1.07 bits per heavy atom. The second-order valence-corrected chi connectivity index (χ2v) is 12.5. The first-order chi connectivity index (χ1) is 21.3. The molecular formula is C31H36IN9O3. The third kappa shape index (κ3) is 6.18. The topological polar surface area (TPSA) is 169 Å². The maximum absolute atomic E-state index is 13.1. The van der Waals surface area contributed by atoms with Crippen LogP contribution in [-0.4, -0.2) is 79.5 Å². The van der Waals surface area contributed by atoms with Crippen molar-refractivity contribution in [3.63, 3.8) is 0 Å². The minimum atomic E-state index is -0.894. The number of nitriles is 1. The highest BCUT2D eigenvalue weighted by molar-refractivity contribution is 14.1. The maximum atomic E-state index is 13.1. The molecule has 4 N–H and O–H groups in total. The van der Waals surface area contributed by atoms with Gasteiger partial charge in [-0.2, -0.15) is 5.26 Å². The molecule has 3 amide bonds. The molecule has 44 heavy (non-hydrogen) atoms. The first-order valence-corrected chi connectivity index (χ1v) is 16.2. The van der Waals surface area contributed by atoms with Gasteiger partial charge in [-0.1, -0.05) is 34.7 Å². The molecule has 1 saturated heterocycles. The monoisotopic (exact) mass is 709 g/mol. The van der Waals surface area contributed by atoms with Crippen LogP contribution in [0.4, 0.5) is 0 Å². The minimum Gasteiger partial charge on any atom is -0.352 e. The summed E-state index contributed by atoms with van der Waals surface area (Å²) in [4.78, 5) is 40.4. The largest absolute Gasteiger partial charge is 0.352 e. The molecule has 1 aliphatic heterocycles. The molecule has 2 heterocycles. The van der Waals surface area contributed by atoms with Crippen molar-refractivity contribution in [2.75, 3.05) is 26.2 Å². The number of aryl methyl sites for hydroxylation is 2. The minimum absolute atomic E-state index is 0.0858. The molecule has 1 unspecified atom stereocenters. The van der Waals surface area contributed by atoms with Crippen molar-refractivity contribution in [2.45, 2.75) is 61.5 Å². The van der Waals surface area contributed by atoms with Crippen molar-refractivity contribution < 1.29 is 14.4 Å². The van der Waals surface area contributed by atoms with Gasteiger partial charge >= 0.3 is 0 Å². The highest BCUT2D eigenvalue weighted by Crippen LogP contribution is 2.47. The second kappa shape index (κ2) is 13.8. The average Bonchev–Trinajstić information content (AvgIpc) is 3.73. The summed E-state index contributed by atoms with van der Waals surface area (Å²) in [6.07, 6.45) is 3.26. The van der Waals surface area contributed by atoms with Crippen LogP contribution in [0.25, 0.3) is 0 Å². The van der Waals surface area contributed by atoms with Gasteiger partial charge in [0.15, 0.2) is 5.82 Å². The van der Waals surface area contributed by atoms with E-state index in [2.05, 4.69) is 65.2 Å². The van der Waals surface area contributed by atoms with Gasteiger partial charge in [0.05, 0.1) is 22.1 Å². The van der Waals surface area contributed by atoms with Crippen molar-refractivity contribution in [2.24, 2.45) is 0 Å². The number of benzene rings is 2. The normalized spacial score (nSPS) is 17.5. The smallest absolute Gasteiger partial charge is 0.251 e. The van der Waals surface area contributed by atoms with Crippen LogP contribution in [0, 0.1) is 11.3 Å². The zero-order valence-electron chi connectivity index (χ0n) is 24.8. The van der Waals surface area contributed by atoms with Crippen molar-refractivity contribution >= 4 is 40.3 Å². The number of aromatic nitrogens is 4. The van der Waals surface area contributed by atoms with E-state index in [-0.39, 0.29) is 34.4 Å². The number of H-pyrrole nitrogens is 1. The number of nitrogens with one attached hydrogen (secondary N) is 4. The maximum Gasteiger partial charge on any atom is 0.251 e. The number of nitrogens with zero attached hydrogens (tertiary/aromatic N) is 5. The Kier molecular flexibility index (Phi) is 9.90. The van der Waals surface area contributed by atoms with E-state index in [1.807, 2.05) is 50.2 Å². The van der Waals surface area contributed by atoms with Gasteiger partial charge in [0.2, 0.25) is 5.91 Å². The van der Waals surface area contributed by atoms with E-state index in [1.54, 1.807) is 4.90 Å². The van der Waals surface area contributed by atoms with Crippen LogP contribution in [0.15, 0.2) is 36.4 Å². The molecule has 0 spiro atoms. The predicted octanol–water partition coefficient (Wildman–Crippen LogP) is 2.39. The van der Waals surface area contributed by atoms with E-state index in [1.165, 1.54) is 0 Å². The Morgan fingerprint density at radius 3 is 2.20 bits per heavy atom. The van der Waals surface area contributed by atoms with Crippen LogP contribution in [0.1, 0.15) is 81.9 Å². The molecule has 13 heteroatoms. The lowest BCUT2D eigenvalue weighted by atomic mass is 9.69. The first-order valence-electron chi connectivity index (χ1n) is 15.0. The molecule has 0 bridgehead atoms. The van der Waals surface area contributed by atoms with Crippen LogP contribution >= 0.6 is 22.6 Å². The Morgan fingerprint density at radius 2 is 1.68 bits per heavy atom. The van der Waals surface area contributed by atoms with Gasteiger partial charge in [0.1, 0.15) is 6.04 Å². The molecule has 2 aromatic carbocycles. The number of amides is 3. The Bertz CT molecular complexity index is 1500.